The molecule has 106 valence electrons. The van der Waals surface area contributed by atoms with Gasteiger partial charge in [0.2, 0.25) is 0 Å². The molecule has 1 aromatic rings. The maximum absolute atomic E-state index is 10.3. The van der Waals surface area contributed by atoms with Crippen LogP contribution in [-0.4, -0.2) is 24.4 Å². The number of benzene rings is 1. The predicted molar refractivity (Wildman–Crippen MR) is 80.5 cm³/mol. The fraction of sp³-hybridized carbons (Fsp3) is 0.600. The lowest BCUT2D eigenvalue weighted by molar-refractivity contribution is 0.0453. The molecule has 0 aliphatic heterocycles. The second-order valence-electron chi connectivity index (χ2n) is 5.43. The van der Waals surface area contributed by atoms with Crippen LogP contribution in [0.4, 0.5) is 0 Å². The first-order valence-corrected chi connectivity index (χ1v) is 7.62. The van der Waals surface area contributed by atoms with Crippen LogP contribution in [0.3, 0.4) is 0 Å². The predicted octanol–water partition coefficient (Wildman–Crippen LogP) is 3.41. The Morgan fingerprint density at radius 2 is 2.11 bits per heavy atom. The summed E-state index contributed by atoms with van der Waals surface area (Å²) in [5.74, 6) is 0.838. The van der Waals surface area contributed by atoms with Crippen molar-refractivity contribution in [1.29, 1.82) is 0 Å². The zero-order valence-electron chi connectivity index (χ0n) is 11.6. The van der Waals surface area contributed by atoms with Crippen molar-refractivity contribution in [2.75, 3.05) is 13.7 Å². The summed E-state index contributed by atoms with van der Waals surface area (Å²) < 4.78 is 6.19. The van der Waals surface area contributed by atoms with Crippen LogP contribution in [0.25, 0.3) is 0 Å². The highest BCUT2D eigenvalue weighted by molar-refractivity contribution is 9.10. The van der Waals surface area contributed by atoms with Crippen molar-refractivity contribution < 1.29 is 9.84 Å². The average Bonchev–Trinajstić information content (AvgIpc) is 2.83. The average molecular weight is 328 g/mol. The van der Waals surface area contributed by atoms with Gasteiger partial charge in [-0.2, -0.15) is 0 Å². The molecular formula is C15H22BrNO2. The third-order valence-corrected chi connectivity index (χ3v) is 4.57. The van der Waals surface area contributed by atoms with E-state index in [9.17, 15) is 5.11 Å². The third kappa shape index (κ3) is 3.71. The van der Waals surface area contributed by atoms with Crippen LogP contribution in [0, 0.1) is 0 Å². The monoisotopic (exact) mass is 327 g/mol. The van der Waals surface area contributed by atoms with Crippen LogP contribution in [0.5, 0.6) is 5.75 Å². The highest BCUT2D eigenvalue weighted by atomic mass is 79.9. The van der Waals surface area contributed by atoms with Crippen LogP contribution in [-0.2, 0) is 0 Å². The van der Waals surface area contributed by atoms with E-state index in [-0.39, 0.29) is 6.04 Å². The molecule has 1 fully saturated rings. The van der Waals surface area contributed by atoms with Crippen LogP contribution in [0.2, 0.25) is 0 Å². The summed E-state index contributed by atoms with van der Waals surface area (Å²) in [7, 11) is 1.66. The standard InChI is InChI=1S/C15H22BrNO2/c1-11(17-10-15(18)7-3-4-8-15)12-5-6-14(19-2)13(16)9-12/h5-6,9,11,17-18H,3-4,7-8,10H2,1-2H3. The van der Waals surface area contributed by atoms with Gasteiger partial charge in [-0.05, 0) is 53.4 Å². The molecule has 2 N–H and O–H groups in total. The second kappa shape index (κ2) is 6.25. The maximum atomic E-state index is 10.3. The van der Waals surface area contributed by atoms with Crippen molar-refractivity contribution in [2.45, 2.75) is 44.2 Å². The van der Waals surface area contributed by atoms with Gasteiger partial charge in [0.1, 0.15) is 5.75 Å². The Hall–Kier alpha value is -0.580. The molecule has 0 bridgehead atoms. The Morgan fingerprint density at radius 3 is 2.68 bits per heavy atom. The molecule has 2 rings (SSSR count). The molecule has 0 aromatic heterocycles. The number of aliphatic hydroxyl groups is 1. The Kier molecular flexibility index (Phi) is 4.87. The Bertz CT molecular complexity index is 430. The van der Waals surface area contributed by atoms with Gasteiger partial charge in [-0.25, -0.2) is 0 Å². The highest BCUT2D eigenvalue weighted by Crippen LogP contribution is 2.30. The van der Waals surface area contributed by atoms with Gasteiger partial charge in [0, 0.05) is 12.6 Å². The molecule has 0 amide bonds. The zero-order chi connectivity index (χ0) is 13.9. The van der Waals surface area contributed by atoms with Crippen molar-refractivity contribution in [3.63, 3.8) is 0 Å². The summed E-state index contributed by atoms with van der Waals surface area (Å²) in [6.45, 7) is 2.78. The van der Waals surface area contributed by atoms with Crippen molar-refractivity contribution in [3.05, 3.63) is 28.2 Å². The summed E-state index contributed by atoms with van der Waals surface area (Å²) >= 11 is 3.50. The van der Waals surface area contributed by atoms with E-state index in [1.54, 1.807) is 7.11 Å². The molecule has 1 atom stereocenters. The lowest BCUT2D eigenvalue weighted by Gasteiger charge is -2.25. The number of ether oxygens (including phenoxy) is 1. The Morgan fingerprint density at radius 1 is 1.42 bits per heavy atom. The summed E-state index contributed by atoms with van der Waals surface area (Å²) in [5, 5.41) is 13.8. The maximum Gasteiger partial charge on any atom is 0.133 e. The Labute approximate surface area is 123 Å². The molecule has 1 aliphatic carbocycles. The van der Waals surface area contributed by atoms with Gasteiger partial charge in [0.15, 0.2) is 0 Å². The molecule has 1 aromatic carbocycles. The molecule has 3 nitrogen and oxygen atoms in total. The van der Waals surface area contributed by atoms with Gasteiger partial charge in [0.25, 0.3) is 0 Å². The molecule has 1 aliphatic rings. The van der Waals surface area contributed by atoms with Gasteiger partial charge in [-0.1, -0.05) is 18.9 Å². The minimum absolute atomic E-state index is 0.215. The largest absolute Gasteiger partial charge is 0.496 e. The fourth-order valence-electron chi connectivity index (χ4n) is 2.62. The minimum atomic E-state index is -0.502. The molecule has 0 spiro atoms. The highest BCUT2D eigenvalue weighted by Gasteiger charge is 2.31. The van der Waals surface area contributed by atoms with Gasteiger partial charge in [-0.15, -0.1) is 0 Å². The normalized spacial score (nSPS) is 19.4. The number of hydrogen-bond acceptors (Lipinski definition) is 3. The third-order valence-electron chi connectivity index (χ3n) is 3.95. The molecule has 4 heteroatoms. The van der Waals surface area contributed by atoms with Crippen LogP contribution < -0.4 is 10.1 Å². The zero-order valence-corrected chi connectivity index (χ0v) is 13.2. The molecular weight excluding hydrogens is 306 g/mol. The van der Waals surface area contributed by atoms with Crippen molar-refractivity contribution in [3.8, 4) is 5.75 Å². The molecule has 19 heavy (non-hydrogen) atoms. The van der Waals surface area contributed by atoms with E-state index in [0.29, 0.717) is 6.54 Å². The minimum Gasteiger partial charge on any atom is -0.496 e. The first-order chi connectivity index (χ1) is 9.04. The van der Waals surface area contributed by atoms with Crippen molar-refractivity contribution in [2.24, 2.45) is 0 Å². The van der Waals surface area contributed by atoms with E-state index < -0.39 is 5.60 Å². The second-order valence-corrected chi connectivity index (χ2v) is 6.28. The number of hydrogen-bond donors (Lipinski definition) is 2. The molecule has 0 saturated heterocycles. The fourth-order valence-corrected chi connectivity index (χ4v) is 3.18. The topological polar surface area (TPSA) is 41.5 Å². The number of halogens is 1. The van der Waals surface area contributed by atoms with Crippen LogP contribution in [0.1, 0.15) is 44.2 Å². The van der Waals surface area contributed by atoms with Crippen LogP contribution in [0.15, 0.2) is 22.7 Å². The van der Waals surface area contributed by atoms with Gasteiger partial charge < -0.3 is 15.2 Å². The van der Waals surface area contributed by atoms with Crippen molar-refractivity contribution >= 4 is 15.9 Å². The summed E-state index contributed by atoms with van der Waals surface area (Å²) in [6, 6.07) is 6.30. The van der Waals surface area contributed by atoms with E-state index in [1.165, 1.54) is 5.56 Å². The Balaban J connectivity index is 1.95. The van der Waals surface area contributed by atoms with E-state index in [4.69, 9.17) is 4.74 Å². The first kappa shape index (κ1) is 14.8. The molecule has 1 unspecified atom stereocenters. The van der Waals surface area contributed by atoms with E-state index in [0.717, 1.165) is 35.9 Å². The summed E-state index contributed by atoms with van der Waals surface area (Å²) in [5.41, 5.74) is 0.687. The molecule has 1 saturated carbocycles. The smallest absolute Gasteiger partial charge is 0.133 e. The summed E-state index contributed by atoms with van der Waals surface area (Å²) in [4.78, 5) is 0. The van der Waals surface area contributed by atoms with Gasteiger partial charge in [0.05, 0.1) is 17.2 Å². The number of nitrogens with one attached hydrogen (secondary N) is 1. The molecule has 0 heterocycles. The lowest BCUT2D eigenvalue weighted by Crippen LogP contribution is -2.39. The quantitative estimate of drug-likeness (QED) is 0.870. The summed E-state index contributed by atoms with van der Waals surface area (Å²) in [6.07, 6.45) is 4.11. The first-order valence-electron chi connectivity index (χ1n) is 6.83. The molecule has 0 radical (unpaired) electrons. The SMILES string of the molecule is COc1ccc(C(C)NCC2(O)CCCC2)cc1Br. The van der Waals surface area contributed by atoms with Gasteiger partial charge >= 0.3 is 0 Å². The number of rotatable bonds is 5. The number of methoxy groups -OCH3 is 1. The van der Waals surface area contributed by atoms with Crippen molar-refractivity contribution in [1.82, 2.24) is 5.32 Å². The van der Waals surface area contributed by atoms with Crippen LogP contribution >= 0.6 is 15.9 Å². The van der Waals surface area contributed by atoms with E-state index in [2.05, 4.69) is 40.3 Å². The lowest BCUT2D eigenvalue weighted by atomic mass is 10.0. The van der Waals surface area contributed by atoms with Gasteiger partial charge in [-0.3, -0.25) is 0 Å². The van der Waals surface area contributed by atoms with E-state index >= 15 is 0 Å². The van der Waals surface area contributed by atoms with E-state index in [1.807, 2.05) is 6.07 Å².